The summed E-state index contributed by atoms with van der Waals surface area (Å²) < 4.78 is 18.3. The van der Waals surface area contributed by atoms with Crippen LogP contribution in [0, 0.1) is 5.82 Å². The molecule has 0 aliphatic rings. The van der Waals surface area contributed by atoms with Crippen LogP contribution in [0.1, 0.15) is 22.0 Å². The maximum atomic E-state index is 13.3. The van der Waals surface area contributed by atoms with Crippen molar-refractivity contribution >= 4 is 5.78 Å². The lowest BCUT2D eigenvalue weighted by molar-refractivity contribution is 0.0958. The Morgan fingerprint density at radius 1 is 1.21 bits per heavy atom. The van der Waals surface area contributed by atoms with E-state index in [0.29, 0.717) is 11.3 Å². The standard InChI is InChI=1S/C15H14FNO2/c1-19-13-8-7-11(16)9-12(13)15(18)14(17)10-5-3-2-4-6-10/h2-9,14H,17H2,1H3/t14-/m1/s1. The van der Waals surface area contributed by atoms with Crippen molar-refractivity contribution in [3.05, 3.63) is 65.5 Å². The number of carbonyl (C=O) groups excluding carboxylic acids is 1. The minimum absolute atomic E-state index is 0.152. The SMILES string of the molecule is COc1ccc(F)cc1C(=O)[C@H](N)c1ccccc1. The number of benzene rings is 2. The highest BCUT2D eigenvalue weighted by Crippen LogP contribution is 2.24. The first-order chi connectivity index (χ1) is 9.13. The van der Waals surface area contributed by atoms with Gasteiger partial charge in [0.05, 0.1) is 18.7 Å². The van der Waals surface area contributed by atoms with Crippen LogP contribution in [0.2, 0.25) is 0 Å². The van der Waals surface area contributed by atoms with E-state index in [1.54, 1.807) is 24.3 Å². The number of Topliss-reactive ketones (excluding diaryl/α,β-unsaturated/α-hetero) is 1. The minimum atomic E-state index is -0.836. The predicted molar refractivity (Wildman–Crippen MR) is 70.7 cm³/mol. The first kappa shape index (κ1) is 13.2. The summed E-state index contributed by atoms with van der Waals surface area (Å²) in [6.45, 7) is 0. The molecule has 98 valence electrons. The lowest BCUT2D eigenvalue weighted by atomic mass is 9.97. The summed E-state index contributed by atoms with van der Waals surface area (Å²) in [7, 11) is 1.43. The molecule has 0 unspecified atom stereocenters. The minimum Gasteiger partial charge on any atom is -0.496 e. The normalized spacial score (nSPS) is 11.9. The molecule has 0 aliphatic heterocycles. The van der Waals surface area contributed by atoms with Gasteiger partial charge in [0.1, 0.15) is 11.6 Å². The van der Waals surface area contributed by atoms with Crippen LogP contribution in [0.15, 0.2) is 48.5 Å². The summed E-state index contributed by atoms with van der Waals surface area (Å²) in [5, 5.41) is 0. The molecule has 0 spiro atoms. The topological polar surface area (TPSA) is 52.3 Å². The Balaban J connectivity index is 2.37. The fourth-order valence-corrected chi connectivity index (χ4v) is 1.85. The van der Waals surface area contributed by atoms with Crippen molar-refractivity contribution < 1.29 is 13.9 Å². The molecular weight excluding hydrogens is 245 g/mol. The van der Waals surface area contributed by atoms with Crippen LogP contribution in [0.3, 0.4) is 0 Å². The molecule has 2 rings (SSSR count). The van der Waals surface area contributed by atoms with Crippen LogP contribution < -0.4 is 10.5 Å². The average molecular weight is 259 g/mol. The average Bonchev–Trinajstić information content (AvgIpc) is 2.46. The Hall–Kier alpha value is -2.20. The van der Waals surface area contributed by atoms with Crippen LogP contribution in [0.5, 0.6) is 5.75 Å². The first-order valence-corrected chi connectivity index (χ1v) is 5.81. The van der Waals surface area contributed by atoms with Gasteiger partial charge in [0, 0.05) is 0 Å². The van der Waals surface area contributed by atoms with Gasteiger partial charge in [0.15, 0.2) is 5.78 Å². The van der Waals surface area contributed by atoms with Crippen LogP contribution in [-0.2, 0) is 0 Å². The molecule has 0 radical (unpaired) electrons. The third-order valence-electron chi connectivity index (χ3n) is 2.87. The summed E-state index contributed by atoms with van der Waals surface area (Å²) in [6.07, 6.45) is 0. The summed E-state index contributed by atoms with van der Waals surface area (Å²) >= 11 is 0. The van der Waals surface area contributed by atoms with Gasteiger partial charge in [0.2, 0.25) is 0 Å². The molecule has 4 heteroatoms. The van der Waals surface area contributed by atoms with Gasteiger partial charge in [-0.25, -0.2) is 4.39 Å². The smallest absolute Gasteiger partial charge is 0.187 e. The highest BCUT2D eigenvalue weighted by molar-refractivity contribution is 6.02. The Kier molecular flexibility index (Phi) is 3.92. The zero-order valence-electron chi connectivity index (χ0n) is 10.5. The second-order valence-corrected chi connectivity index (χ2v) is 4.10. The number of rotatable bonds is 4. The van der Waals surface area contributed by atoms with Crippen LogP contribution in [0.4, 0.5) is 4.39 Å². The maximum absolute atomic E-state index is 13.3. The fourth-order valence-electron chi connectivity index (χ4n) is 1.85. The van der Waals surface area contributed by atoms with Gasteiger partial charge in [0.25, 0.3) is 0 Å². The third kappa shape index (κ3) is 2.80. The monoisotopic (exact) mass is 259 g/mol. The molecule has 0 amide bonds. The maximum Gasteiger partial charge on any atom is 0.187 e. The largest absolute Gasteiger partial charge is 0.496 e. The van der Waals surface area contributed by atoms with E-state index >= 15 is 0 Å². The zero-order valence-corrected chi connectivity index (χ0v) is 10.5. The van der Waals surface area contributed by atoms with Crippen molar-refractivity contribution in [3.8, 4) is 5.75 Å². The van der Waals surface area contributed by atoms with E-state index in [9.17, 15) is 9.18 Å². The Bertz CT molecular complexity index is 584. The second-order valence-electron chi connectivity index (χ2n) is 4.10. The molecule has 3 nitrogen and oxygen atoms in total. The van der Waals surface area contributed by atoms with E-state index in [2.05, 4.69) is 0 Å². The van der Waals surface area contributed by atoms with Crippen molar-refractivity contribution in [1.82, 2.24) is 0 Å². The van der Waals surface area contributed by atoms with E-state index < -0.39 is 11.9 Å². The Morgan fingerprint density at radius 3 is 2.53 bits per heavy atom. The Morgan fingerprint density at radius 2 is 1.89 bits per heavy atom. The number of methoxy groups -OCH3 is 1. The number of ketones is 1. The molecule has 19 heavy (non-hydrogen) atoms. The number of nitrogens with two attached hydrogens (primary N) is 1. The summed E-state index contributed by atoms with van der Waals surface area (Å²) in [5.41, 5.74) is 6.75. The lowest BCUT2D eigenvalue weighted by Crippen LogP contribution is -2.22. The molecule has 0 aliphatic carbocycles. The highest BCUT2D eigenvalue weighted by atomic mass is 19.1. The fraction of sp³-hybridized carbons (Fsp3) is 0.133. The van der Waals surface area contributed by atoms with Gasteiger partial charge in [-0.05, 0) is 23.8 Å². The third-order valence-corrected chi connectivity index (χ3v) is 2.87. The molecule has 2 N–H and O–H groups in total. The quantitative estimate of drug-likeness (QED) is 0.859. The van der Waals surface area contributed by atoms with Crippen LogP contribution >= 0.6 is 0 Å². The van der Waals surface area contributed by atoms with Gasteiger partial charge >= 0.3 is 0 Å². The molecular formula is C15H14FNO2. The number of halogens is 1. The molecule has 0 aromatic heterocycles. The van der Waals surface area contributed by atoms with Crippen molar-refractivity contribution in [3.63, 3.8) is 0 Å². The van der Waals surface area contributed by atoms with Gasteiger partial charge in [-0.2, -0.15) is 0 Å². The molecule has 1 atom stereocenters. The zero-order chi connectivity index (χ0) is 13.8. The molecule has 2 aromatic rings. The number of carbonyl (C=O) groups is 1. The number of ether oxygens (including phenoxy) is 1. The molecule has 0 fully saturated rings. The van der Waals surface area contributed by atoms with E-state index in [0.717, 1.165) is 6.07 Å². The predicted octanol–water partition coefficient (Wildman–Crippen LogP) is 2.72. The van der Waals surface area contributed by atoms with Gasteiger partial charge < -0.3 is 10.5 Å². The molecule has 0 bridgehead atoms. The van der Waals surface area contributed by atoms with Crippen LogP contribution in [-0.4, -0.2) is 12.9 Å². The molecule has 0 saturated heterocycles. The molecule has 0 saturated carbocycles. The van der Waals surface area contributed by atoms with E-state index in [1.807, 2.05) is 6.07 Å². The van der Waals surface area contributed by atoms with E-state index in [-0.39, 0.29) is 11.3 Å². The number of hydrogen-bond donors (Lipinski definition) is 1. The summed E-state index contributed by atoms with van der Waals surface area (Å²) in [5.74, 6) is -0.551. The highest BCUT2D eigenvalue weighted by Gasteiger charge is 2.21. The van der Waals surface area contributed by atoms with Gasteiger partial charge in [-0.1, -0.05) is 30.3 Å². The van der Waals surface area contributed by atoms with Crippen molar-refractivity contribution in [2.45, 2.75) is 6.04 Å². The second kappa shape index (κ2) is 5.63. The van der Waals surface area contributed by atoms with Gasteiger partial charge in [-0.15, -0.1) is 0 Å². The summed E-state index contributed by atoms with van der Waals surface area (Å²) in [6, 6.07) is 11.9. The lowest BCUT2D eigenvalue weighted by Gasteiger charge is -2.13. The molecule has 0 heterocycles. The number of hydrogen-bond acceptors (Lipinski definition) is 3. The van der Waals surface area contributed by atoms with Crippen molar-refractivity contribution in [2.75, 3.05) is 7.11 Å². The van der Waals surface area contributed by atoms with Crippen molar-refractivity contribution in [1.29, 1.82) is 0 Å². The Labute approximate surface area is 110 Å². The van der Waals surface area contributed by atoms with Gasteiger partial charge in [-0.3, -0.25) is 4.79 Å². The summed E-state index contributed by atoms with van der Waals surface area (Å²) in [4.78, 5) is 12.3. The van der Waals surface area contributed by atoms with Crippen LogP contribution in [0.25, 0.3) is 0 Å². The van der Waals surface area contributed by atoms with E-state index in [1.165, 1.54) is 19.2 Å². The van der Waals surface area contributed by atoms with Crippen molar-refractivity contribution in [2.24, 2.45) is 5.73 Å². The molecule has 2 aromatic carbocycles. The van der Waals surface area contributed by atoms with E-state index in [4.69, 9.17) is 10.5 Å². The first-order valence-electron chi connectivity index (χ1n) is 5.81.